The van der Waals surface area contributed by atoms with Gasteiger partial charge in [-0.2, -0.15) is 0 Å². The van der Waals surface area contributed by atoms with E-state index in [1.807, 2.05) is 52.0 Å². The van der Waals surface area contributed by atoms with Crippen molar-refractivity contribution < 1.29 is 9.59 Å². The number of likely N-dealkylation sites (N-methyl/N-ethyl adjacent to an activating group) is 2. The van der Waals surface area contributed by atoms with Gasteiger partial charge in [0.1, 0.15) is 0 Å². The highest BCUT2D eigenvalue weighted by Gasteiger charge is 2.39. The van der Waals surface area contributed by atoms with Crippen LogP contribution in [0.3, 0.4) is 0 Å². The maximum atomic E-state index is 13.2. The van der Waals surface area contributed by atoms with Gasteiger partial charge in [0.25, 0.3) is 0 Å². The number of hydrogen-bond acceptors (Lipinski definition) is 2. The number of rotatable bonds is 8. The highest BCUT2D eigenvalue weighted by Crippen LogP contribution is 2.34. The van der Waals surface area contributed by atoms with Crippen molar-refractivity contribution in [1.29, 1.82) is 0 Å². The number of carbonyl (C=O) groups is 2. The van der Waals surface area contributed by atoms with Crippen LogP contribution in [0.2, 0.25) is 5.02 Å². The van der Waals surface area contributed by atoms with Crippen LogP contribution < -0.4 is 0 Å². The smallest absolute Gasteiger partial charge is 0.242 e. The molecule has 0 atom stereocenters. The lowest BCUT2D eigenvalue weighted by molar-refractivity contribution is -0.143. The molecule has 134 valence electrons. The summed E-state index contributed by atoms with van der Waals surface area (Å²) in [6.07, 6.45) is 1.35. The van der Waals surface area contributed by atoms with Crippen LogP contribution in [0.25, 0.3) is 0 Å². The van der Waals surface area contributed by atoms with Gasteiger partial charge >= 0.3 is 0 Å². The number of halogens is 1. The Morgan fingerprint density at radius 2 is 1.50 bits per heavy atom. The fourth-order valence-corrected chi connectivity index (χ4v) is 3.30. The number of benzene rings is 1. The van der Waals surface area contributed by atoms with Crippen molar-refractivity contribution in [3.8, 4) is 0 Å². The molecule has 0 saturated heterocycles. The number of hydrogen-bond donors (Lipinski definition) is 0. The Morgan fingerprint density at radius 3 is 1.92 bits per heavy atom. The molecule has 0 aliphatic rings. The van der Waals surface area contributed by atoms with E-state index in [0.717, 1.165) is 5.56 Å². The molecule has 0 fully saturated rings. The van der Waals surface area contributed by atoms with Gasteiger partial charge in [-0.3, -0.25) is 9.59 Å². The molecular weight excluding hydrogens is 324 g/mol. The zero-order valence-corrected chi connectivity index (χ0v) is 16.2. The topological polar surface area (TPSA) is 40.6 Å². The molecule has 0 radical (unpaired) electrons. The number of amides is 2. The van der Waals surface area contributed by atoms with Gasteiger partial charge in [-0.15, -0.1) is 0 Å². The third-order valence-corrected chi connectivity index (χ3v) is 5.10. The number of nitrogens with zero attached hydrogens (tertiary/aromatic N) is 2. The van der Waals surface area contributed by atoms with E-state index in [-0.39, 0.29) is 18.4 Å². The van der Waals surface area contributed by atoms with E-state index in [1.54, 1.807) is 16.8 Å². The largest absolute Gasteiger partial charge is 0.342 e. The summed E-state index contributed by atoms with van der Waals surface area (Å²) in [6.45, 7) is 9.32. The Morgan fingerprint density at radius 1 is 1.00 bits per heavy atom. The Balaban J connectivity index is 3.05. The first kappa shape index (κ1) is 20.5. The molecule has 0 bridgehead atoms. The molecule has 0 saturated carbocycles. The summed E-state index contributed by atoms with van der Waals surface area (Å²) in [4.78, 5) is 28.8. The number of carbonyl (C=O) groups excluding carboxylic acids is 2. The summed E-state index contributed by atoms with van der Waals surface area (Å²) in [7, 11) is 1.71. The first-order valence-corrected chi connectivity index (χ1v) is 9.03. The SMILES string of the molecule is CCN(CC)C(=O)CN(C)C(=O)C(CC)(CC)c1ccc(Cl)cc1. The van der Waals surface area contributed by atoms with E-state index >= 15 is 0 Å². The monoisotopic (exact) mass is 352 g/mol. The van der Waals surface area contributed by atoms with Crippen molar-refractivity contribution in [2.75, 3.05) is 26.7 Å². The van der Waals surface area contributed by atoms with Crippen molar-refractivity contribution >= 4 is 23.4 Å². The third kappa shape index (κ3) is 4.29. The molecule has 0 aliphatic heterocycles. The fourth-order valence-electron chi connectivity index (χ4n) is 3.17. The van der Waals surface area contributed by atoms with Gasteiger partial charge in [0.2, 0.25) is 11.8 Å². The van der Waals surface area contributed by atoms with Crippen molar-refractivity contribution in [2.24, 2.45) is 0 Å². The molecule has 5 heteroatoms. The third-order valence-electron chi connectivity index (χ3n) is 4.85. The molecule has 24 heavy (non-hydrogen) atoms. The van der Waals surface area contributed by atoms with Crippen LogP contribution in [-0.2, 0) is 15.0 Å². The van der Waals surface area contributed by atoms with Crippen LogP contribution in [0.5, 0.6) is 0 Å². The summed E-state index contributed by atoms with van der Waals surface area (Å²) in [5, 5.41) is 0.650. The molecule has 0 aromatic heterocycles. The molecule has 0 heterocycles. The van der Waals surface area contributed by atoms with E-state index in [4.69, 9.17) is 11.6 Å². The molecule has 0 unspecified atom stereocenters. The van der Waals surface area contributed by atoms with Crippen LogP contribution in [0.1, 0.15) is 46.1 Å². The lowest BCUT2D eigenvalue weighted by atomic mass is 9.74. The van der Waals surface area contributed by atoms with Gasteiger partial charge in [-0.1, -0.05) is 37.6 Å². The second-order valence-electron chi connectivity index (χ2n) is 6.02. The van der Waals surface area contributed by atoms with Gasteiger partial charge in [0, 0.05) is 25.2 Å². The van der Waals surface area contributed by atoms with Gasteiger partial charge in [0.15, 0.2) is 0 Å². The Kier molecular flexibility index (Phi) is 7.74. The Hall–Kier alpha value is -1.55. The standard InChI is InChI=1S/C19H29ClN2O2/c1-6-19(7-2,15-10-12-16(20)13-11-15)18(24)21(5)14-17(23)22(8-3)9-4/h10-13H,6-9,14H2,1-5H3. The normalized spacial score (nSPS) is 11.2. The van der Waals surface area contributed by atoms with E-state index < -0.39 is 5.41 Å². The predicted octanol–water partition coefficient (Wildman–Crippen LogP) is 3.72. The zero-order chi connectivity index (χ0) is 18.3. The molecule has 2 amide bonds. The minimum atomic E-state index is -0.622. The highest BCUT2D eigenvalue weighted by atomic mass is 35.5. The second kappa shape index (κ2) is 9.07. The van der Waals surface area contributed by atoms with E-state index in [2.05, 4.69) is 0 Å². The van der Waals surface area contributed by atoms with Crippen LogP contribution in [0.15, 0.2) is 24.3 Å². The summed E-state index contributed by atoms with van der Waals surface area (Å²) >= 11 is 5.98. The van der Waals surface area contributed by atoms with Crippen LogP contribution in [0.4, 0.5) is 0 Å². The molecule has 1 aromatic rings. The average molecular weight is 353 g/mol. The van der Waals surface area contributed by atoms with Gasteiger partial charge in [-0.25, -0.2) is 0 Å². The molecule has 4 nitrogen and oxygen atoms in total. The van der Waals surface area contributed by atoms with Crippen LogP contribution >= 0.6 is 11.6 Å². The first-order chi connectivity index (χ1) is 11.4. The minimum absolute atomic E-state index is 0.0182. The molecule has 0 spiro atoms. The summed E-state index contributed by atoms with van der Waals surface area (Å²) < 4.78 is 0. The molecule has 1 rings (SSSR count). The maximum absolute atomic E-state index is 13.2. The van der Waals surface area contributed by atoms with Gasteiger partial charge in [0.05, 0.1) is 12.0 Å². The van der Waals surface area contributed by atoms with Crippen LogP contribution in [0, 0.1) is 0 Å². The first-order valence-electron chi connectivity index (χ1n) is 8.65. The van der Waals surface area contributed by atoms with Crippen molar-refractivity contribution in [1.82, 2.24) is 9.80 Å². The summed E-state index contributed by atoms with van der Waals surface area (Å²) in [5.74, 6) is -0.0385. The van der Waals surface area contributed by atoms with E-state index in [0.29, 0.717) is 31.0 Å². The highest BCUT2D eigenvalue weighted by molar-refractivity contribution is 6.30. The molecule has 0 aliphatic carbocycles. The molecular formula is C19H29ClN2O2. The van der Waals surface area contributed by atoms with Crippen molar-refractivity contribution in [2.45, 2.75) is 46.0 Å². The summed E-state index contributed by atoms with van der Waals surface area (Å²) in [5.41, 5.74) is 0.326. The van der Waals surface area contributed by atoms with Crippen molar-refractivity contribution in [3.05, 3.63) is 34.9 Å². The average Bonchev–Trinajstić information content (AvgIpc) is 2.58. The Bertz CT molecular complexity index is 549. The predicted molar refractivity (Wildman–Crippen MR) is 99.3 cm³/mol. The van der Waals surface area contributed by atoms with Crippen molar-refractivity contribution in [3.63, 3.8) is 0 Å². The molecule has 0 N–H and O–H groups in total. The molecule has 1 aromatic carbocycles. The minimum Gasteiger partial charge on any atom is -0.342 e. The van der Waals surface area contributed by atoms with Gasteiger partial charge in [-0.05, 0) is 44.4 Å². The van der Waals surface area contributed by atoms with E-state index in [9.17, 15) is 9.59 Å². The van der Waals surface area contributed by atoms with E-state index in [1.165, 1.54) is 0 Å². The lowest BCUT2D eigenvalue weighted by Crippen LogP contribution is -2.48. The Labute approximate surface area is 150 Å². The second-order valence-corrected chi connectivity index (χ2v) is 6.46. The van der Waals surface area contributed by atoms with Crippen LogP contribution in [-0.4, -0.2) is 48.3 Å². The lowest BCUT2D eigenvalue weighted by Gasteiger charge is -2.35. The quantitative estimate of drug-likeness (QED) is 0.715. The fraction of sp³-hybridized carbons (Fsp3) is 0.579. The van der Waals surface area contributed by atoms with Gasteiger partial charge < -0.3 is 9.80 Å². The zero-order valence-electron chi connectivity index (χ0n) is 15.4. The summed E-state index contributed by atoms with van der Waals surface area (Å²) in [6, 6.07) is 7.44. The maximum Gasteiger partial charge on any atom is 0.242 e.